The molecule has 0 aliphatic heterocycles. The minimum absolute atomic E-state index is 0.00824. The Balaban J connectivity index is 1.75. The van der Waals surface area contributed by atoms with Crippen LogP contribution < -0.4 is 5.32 Å². The van der Waals surface area contributed by atoms with Gasteiger partial charge in [0.1, 0.15) is 5.75 Å². The van der Waals surface area contributed by atoms with Crippen molar-refractivity contribution < 1.29 is 9.90 Å². The summed E-state index contributed by atoms with van der Waals surface area (Å²) in [4.78, 5) is 11.8. The minimum Gasteiger partial charge on any atom is -0.508 e. The first-order valence-electron chi connectivity index (χ1n) is 6.42. The predicted molar refractivity (Wildman–Crippen MR) is 80.0 cm³/mol. The highest BCUT2D eigenvalue weighted by Crippen LogP contribution is 2.10. The molecule has 2 N–H and O–H groups in total. The number of rotatable bonds is 5. The van der Waals surface area contributed by atoms with Gasteiger partial charge in [0.05, 0.1) is 6.42 Å². The van der Waals surface area contributed by atoms with E-state index in [4.69, 9.17) is 11.6 Å². The van der Waals surface area contributed by atoms with E-state index < -0.39 is 0 Å². The van der Waals surface area contributed by atoms with Crippen molar-refractivity contribution >= 4 is 17.5 Å². The summed E-state index contributed by atoms with van der Waals surface area (Å²) in [6.45, 7) is 0.581. The summed E-state index contributed by atoms with van der Waals surface area (Å²) in [6, 6.07) is 14.2. The molecule has 0 atom stereocenters. The second kappa shape index (κ2) is 6.96. The third kappa shape index (κ3) is 4.59. The lowest BCUT2D eigenvalue weighted by atomic mass is 10.1. The van der Waals surface area contributed by atoms with E-state index in [-0.39, 0.29) is 11.7 Å². The van der Waals surface area contributed by atoms with Crippen molar-refractivity contribution in [2.45, 2.75) is 12.8 Å². The van der Waals surface area contributed by atoms with E-state index in [2.05, 4.69) is 5.32 Å². The number of amides is 1. The predicted octanol–water partition coefficient (Wildman–Crippen LogP) is 2.95. The zero-order valence-electron chi connectivity index (χ0n) is 11.0. The fourth-order valence-corrected chi connectivity index (χ4v) is 1.99. The zero-order chi connectivity index (χ0) is 14.4. The third-order valence-electron chi connectivity index (χ3n) is 2.95. The first kappa shape index (κ1) is 14.4. The molecule has 1 amide bonds. The fourth-order valence-electron chi connectivity index (χ4n) is 1.86. The average Bonchev–Trinajstić information content (AvgIpc) is 2.44. The molecular weight excluding hydrogens is 274 g/mol. The van der Waals surface area contributed by atoms with Gasteiger partial charge >= 0.3 is 0 Å². The van der Waals surface area contributed by atoms with Gasteiger partial charge in [0.25, 0.3) is 0 Å². The summed E-state index contributed by atoms with van der Waals surface area (Å²) >= 11 is 5.79. The summed E-state index contributed by atoms with van der Waals surface area (Å²) in [6.07, 6.45) is 1.10. The monoisotopic (exact) mass is 289 g/mol. The van der Waals surface area contributed by atoms with E-state index in [0.29, 0.717) is 18.0 Å². The number of hydrogen-bond acceptors (Lipinski definition) is 2. The van der Waals surface area contributed by atoms with Gasteiger partial charge in [0, 0.05) is 11.6 Å². The van der Waals surface area contributed by atoms with E-state index in [0.717, 1.165) is 17.5 Å². The van der Waals surface area contributed by atoms with Gasteiger partial charge in [-0.05, 0) is 41.8 Å². The second-order valence-corrected chi connectivity index (χ2v) is 5.01. The van der Waals surface area contributed by atoms with Gasteiger partial charge in [-0.1, -0.05) is 35.9 Å². The van der Waals surface area contributed by atoms with Crippen LogP contribution in [0.25, 0.3) is 0 Å². The molecule has 0 unspecified atom stereocenters. The van der Waals surface area contributed by atoms with Gasteiger partial charge < -0.3 is 10.4 Å². The molecule has 3 nitrogen and oxygen atoms in total. The van der Waals surface area contributed by atoms with Gasteiger partial charge in [-0.25, -0.2) is 0 Å². The third-order valence-corrected chi connectivity index (χ3v) is 3.20. The number of halogens is 1. The Morgan fingerprint density at radius 1 is 1.00 bits per heavy atom. The molecule has 0 saturated heterocycles. The molecule has 20 heavy (non-hydrogen) atoms. The average molecular weight is 290 g/mol. The van der Waals surface area contributed by atoms with Gasteiger partial charge in [0.2, 0.25) is 5.91 Å². The van der Waals surface area contributed by atoms with Gasteiger partial charge in [-0.2, -0.15) is 0 Å². The molecule has 0 aliphatic rings. The summed E-state index contributed by atoms with van der Waals surface area (Å²) in [7, 11) is 0. The van der Waals surface area contributed by atoms with Crippen molar-refractivity contribution in [3.8, 4) is 5.75 Å². The number of hydrogen-bond donors (Lipinski definition) is 2. The molecule has 0 spiro atoms. The van der Waals surface area contributed by atoms with Crippen LogP contribution in [0.1, 0.15) is 11.1 Å². The molecule has 0 radical (unpaired) electrons. The SMILES string of the molecule is O=C(Cc1ccc(Cl)cc1)NCCc1ccc(O)cc1. The first-order valence-corrected chi connectivity index (χ1v) is 6.80. The van der Waals surface area contributed by atoms with Gasteiger partial charge in [0.15, 0.2) is 0 Å². The molecule has 104 valence electrons. The molecule has 0 heterocycles. The van der Waals surface area contributed by atoms with Crippen molar-refractivity contribution in [3.05, 3.63) is 64.7 Å². The van der Waals surface area contributed by atoms with Crippen LogP contribution in [-0.2, 0) is 17.6 Å². The molecule has 0 aliphatic carbocycles. The van der Waals surface area contributed by atoms with Crippen LogP contribution in [0.15, 0.2) is 48.5 Å². The lowest BCUT2D eigenvalue weighted by Gasteiger charge is -2.06. The van der Waals surface area contributed by atoms with Crippen LogP contribution in [0, 0.1) is 0 Å². The summed E-state index contributed by atoms with van der Waals surface area (Å²) < 4.78 is 0. The number of phenols is 1. The van der Waals surface area contributed by atoms with E-state index in [1.54, 1.807) is 24.3 Å². The zero-order valence-corrected chi connectivity index (χ0v) is 11.7. The van der Waals surface area contributed by atoms with E-state index in [1.165, 1.54) is 0 Å². The molecule has 2 aromatic carbocycles. The molecule has 2 rings (SSSR count). The molecule has 0 bridgehead atoms. The molecular formula is C16H16ClNO2. The maximum Gasteiger partial charge on any atom is 0.224 e. The Morgan fingerprint density at radius 2 is 1.60 bits per heavy atom. The molecule has 0 aromatic heterocycles. The lowest BCUT2D eigenvalue weighted by molar-refractivity contribution is -0.120. The number of nitrogens with one attached hydrogen (secondary N) is 1. The maximum atomic E-state index is 11.8. The van der Waals surface area contributed by atoms with E-state index in [1.807, 2.05) is 24.3 Å². The van der Waals surface area contributed by atoms with Crippen molar-refractivity contribution in [3.63, 3.8) is 0 Å². The fraction of sp³-hybridized carbons (Fsp3) is 0.188. The summed E-state index contributed by atoms with van der Waals surface area (Å²) in [5, 5.41) is 12.7. The van der Waals surface area contributed by atoms with Crippen LogP contribution in [0.3, 0.4) is 0 Å². The van der Waals surface area contributed by atoms with E-state index >= 15 is 0 Å². The summed E-state index contributed by atoms with van der Waals surface area (Å²) in [5.41, 5.74) is 2.02. The Kier molecular flexibility index (Phi) is 5.02. The summed E-state index contributed by atoms with van der Waals surface area (Å²) in [5.74, 6) is 0.242. The van der Waals surface area contributed by atoms with Crippen LogP contribution in [0.5, 0.6) is 5.75 Å². The smallest absolute Gasteiger partial charge is 0.224 e. The Morgan fingerprint density at radius 3 is 2.25 bits per heavy atom. The topological polar surface area (TPSA) is 49.3 Å². The highest BCUT2D eigenvalue weighted by molar-refractivity contribution is 6.30. The van der Waals surface area contributed by atoms with Gasteiger partial charge in [-0.15, -0.1) is 0 Å². The van der Waals surface area contributed by atoms with Crippen molar-refractivity contribution in [2.24, 2.45) is 0 Å². The standard InChI is InChI=1S/C16H16ClNO2/c17-14-5-1-13(2-6-14)11-16(20)18-10-9-12-3-7-15(19)8-4-12/h1-8,19H,9-11H2,(H,18,20). The number of benzene rings is 2. The van der Waals surface area contributed by atoms with Crippen LogP contribution in [0.2, 0.25) is 5.02 Å². The molecule has 4 heteroatoms. The number of carbonyl (C=O) groups is 1. The number of phenolic OH excluding ortho intramolecular Hbond substituents is 1. The Labute approximate surface area is 123 Å². The van der Waals surface area contributed by atoms with Crippen molar-refractivity contribution in [1.29, 1.82) is 0 Å². The largest absolute Gasteiger partial charge is 0.508 e. The van der Waals surface area contributed by atoms with Crippen LogP contribution in [-0.4, -0.2) is 17.6 Å². The van der Waals surface area contributed by atoms with Crippen molar-refractivity contribution in [1.82, 2.24) is 5.32 Å². The van der Waals surface area contributed by atoms with Gasteiger partial charge in [-0.3, -0.25) is 4.79 Å². The second-order valence-electron chi connectivity index (χ2n) is 4.57. The van der Waals surface area contributed by atoms with Crippen molar-refractivity contribution in [2.75, 3.05) is 6.54 Å². The normalized spacial score (nSPS) is 10.2. The molecule has 0 saturated carbocycles. The highest BCUT2D eigenvalue weighted by atomic mass is 35.5. The lowest BCUT2D eigenvalue weighted by Crippen LogP contribution is -2.27. The minimum atomic E-state index is -0.00824. The molecule has 2 aromatic rings. The van der Waals surface area contributed by atoms with E-state index in [9.17, 15) is 9.90 Å². The number of carbonyl (C=O) groups excluding carboxylic acids is 1. The first-order chi connectivity index (χ1) is 9.63. The number of aromatic hydroxyl groups is 1. The Hall–Kier alpha value is -2.00. The Bertz CT molecular complexity index is 564. The quantitative estimate of drug-likeness (QED) is 0.889. The molecule has 0 fully saturated rings. The van der Waals surface area contributed by atoms with Crippen LogP contribution >= 0.6 is 11.6 Å². The van der Waals surface area contributed by atoms with Crippen LogP contribution in [0.4, 0.5) is 0 Å². The highest BCUT2D eigenvalue weighted by Gasteiger charge is 2.03. The maximum absolute atomic E-state index is 11.8.